The van der Waals surface area contributed by atoms with Crippen molar-refractivity contribution in [2.75, 3.05) is 19.8 Å². The second kappa shape index (κ2) is 5.70. The van der Waals surface area contributed by atoms with Gasteiger partial charge < -0.3 is 19.3 Å². The van der Waals surface area contributed by atoms with Crippen LogP contribution in [-0.2, 0) is 9.47 Å². The molecule has 0 aliphatic carbocycles. The monoisotopic (exact) mass is 284 g/mol. The minimum atomic E-state index is -0.865. The van der Waals surface area contributed by atoms with Gasteiger partial charge in [-0.1, -0.05) is 0 Å². The summed E-state index contributed by atoms with van der Waals surface area (Å²) < 4.78 is 16.0. The molecular formula is C12H16N2O6. The van der Waals surface area contributed by atoms with Crippen LogP contribution in [0.1, 0.15) is 25.8 Å². The van der Waals surface area contributed by atoms with Crippen molar-refractivity contribution in [1.29, 1.82) is 0 Å². The Kier molecular flexibility index (Phi) is 4.17. The number of hydrogen-bond donors (Lipinski definition) is 1. The summed E-state index contributed by atoms with van der Waals surface area (Å²) >= 11 is 0. The molecule has 1 aliphatic heterocycles. The van der Waals surface area contributed by atoms with Gasteiger partial charge in [0.1, 0.15) is 5.60 Å². The summed E-state index contributed by atoms with van der Waals surface area (Å²) in [6.45, 7) is 3.86. The van der Waals surface area contributed by atoms with Crippen LogP contribution in [0.4, 0.5) is 5.69 Å². The molecule has 0 bridgehead atoms. The predicted molar refractivity (Wildman–Crippen MR) is 67.3 cm³/mol. The minimum Gasteiger partial charge on any atom is -0.469 e. The molecule has 8 heteroatoms. The first kappa shape index (κ1) is 14.6. The zero-order chi connectivity index (χ0) is 14.8. The van der Waals surface area contributed by atoms with E-state index in [0.717, 1.165) is 0 Å². The number of aliphatic hydroxyl groups excluding tert-OH is 1. The molecule has 2 rings (SSSR count). The van der Waals surface area contributed by atoms with Crippen LogP contribution in [-0.4, -0.2) is 40.4 Å². The van der Waals surface area contributed by atoms with E-state index in [2.05, 4.69) is 4.98 Å². The summed E-state index contributed by atoms with van der Waals surface area (Å²) in [5.74, 6) is 0.170. The molecule has 1 aromatic heterocycles. The lowest BCUT2D eigenvalue weighted by Gasteiger charge is -2.23. The van der Waals surface area contributed by atoms with Gasteiger partial charge in [-0.15, -0.1) is 0 Å². The Morgan fingerprint density at radius 2 is 2.15 bits per heavy atom. The molecule has 0 spiro atoms. The highest BCUT2D eigenvalue weighted by Crippen LogP contribution is 2.31. The molecule has 1 fully saturated rings. The fourth-order valence-electron chi connectivity index (χ4n) is 1.67. The van der Waals surface area contributed by atoms with E-state index in [-0.39, 0.29) is 23.9 Å². The summed E-state index contributed by atoms with van der Waals surface area (Å²) in [7, 11) is 0. The number of nitro groups is 1. The van der Waals surface area contributed by atoms with Gasteiger partial charge in [-0.05, 0) is 13.8 Å². The summed E-state index contributed by atoms with van der Waals surface area (Å²) in [4.78, 5) is 14.5. The van der Waals surface area contributed by atoms with E-state index in [1.165, 1.54) is 12.1 Å². The molecule has 0 saturated carbocycles. The first-order valence-corrected chi connectivity index (χ1v) is 6.11. The number of nitrogens with zero attached hydrogens (tertiary/aromatic N) is 2. The third-order valence-corrected chi connectivity index (χ3v) is 2.68. The van der Waals surface area contributed by atoms with E-state index in [0.29, 0.717) is 13.2 Å². The summed E-state index contributed by atoms with van der Waals surface area (Å²) in [5.41, 5.74) is -0.956. The second-order valence-electron chi connectivity index (χ2n) is 4.90. The van der Waals surface area contributed by atoms with Crippen molar-refractivity contribution in [1.82, 2.24) is 4.98 Å². The van der Waals surface area contributed by atoms with E-state index in [1.54, 1.807) is 13.8 Å². The molecule has 0 aromatic carbocycles. The molecule has 1 aliphatic rings. The van der Waals surface area contributed by atoms with Gasteiger partial charge in [-0.2, -0.15) is 0 Å². The number of ether oxygens (including phenoxy) is 3. The van der Waals surface area contributed by atoms with Crippen LogP contribution in [0.25, 0.3) is 0 Å². The Morgan fingerprint density at radius 1 is 1.50 bits per heavy atom. The SMILES string of the molecule is CC(C)(CO)Oc1ccc([N+](=O)[O-])c(C2OCCO2)n1. The van der Waals surface area contributed by atoms with Gasteiger partial charge in [-0.25, -0.2) is 4.98 Å². The minimum absolute atomic E-state index is 0.0683. The van der Waals surface area contributed by atoms with Gasteiger partial charge in [0.25, 0.3) is 5.69 Å². The highest BCUT2D eigenvalue weighted by Gasteiger charge is 2.30. The van der Waals surface area contributed by atoms with E-state index < -0.39 is 16.8 Å². The third kappa shape index (κ3) is 3.21. The van der Waals surface area contributed by atoms with Gasteiger partial charge in [0.15, 0.2) is 5.69 Å². The van der Waals surface area contributed by atoms with Gasteiger partial charge >= 0.3 is 0 Å². The van der Waals surface area contributed by atoms with E-state index in [4.69, 9.17) is 19.3 Å². The first-order valence-electron chi connectivity index (χ1n) is 6.11. The van der Waals surface area contributed by atoms with Gasteiger partial charge in [-0.3, -0.25) is 10.1 Å². The van der Waals surface area contributed by atoms with Gasteiger partial charge in [0.2, 0.25) is 12.2 Å². The lowest BCUT2D eigenvalue weighted by atomic mass is 10.1. The smallest absolute Gasteiger partial charge is 0.296 e. The Morgan fingerprint density at radius 3 is 2.70 bits per heavy atom. The standard InChI is InChI=1S/C12H16N2O6/c1-12(2,7-15)20-9-4-3-8(14(16)17)10(13-9)11-18-5-6-19-11/h3-4,11,15H,5-7H2,1-2H3. The second-order valence-corrected chi connectivity index (χ2v) is 4.90. The van der Waals surface area contributed by atoms with Crippen molar-refractivity contribution < 1.29 is 24.2 Å². The van der Waals surface area contributed by atoms with Crippen LogP contribution >= 0.6 is 0 Å². The van der Waals surface area contributed by atoms with E-state index >= 15 is 0 Å². The number of pyridine rings is 1. The number of aromatic nitrogens is 1. The fourth-order valence-corrected chi connectivity index (χ4v) is 1.67. The first-order chi connectivity index (χ1) is 9.43. The zero-order valence-electron chi connectivity index (χ0n) is 11.2. The lowest BCUT2D eigenvalue weighted by Crippen LogP contribution is -2.33. The fraction of sp³-hybridized carbons (Fsp3) is 0.583. The van der Waals surface area contributed by atoms with Crippen LogP contribution in [0, 0.1) is 10.1 Å². The molecule has 0 unspecified atom stereocenters. The topological polar surface area (TPSA) is 104 Å². The van der Waals surface area contributed by atoms with Crippen LogP contribution in [0.5, 0.6) is 5.88 Å². The predicted octanol–water partition coefficient (Wildman–Crippen LogP) is 1.18. The molecular weight excluding hydrogens is 268 g/mol. The number of hydrogen-bond acceptors (Lipinski definition) is 7. The van der Waals surface area contributed by atoms with Crippen LogP contribution < -0.4 is 4.74 Å². The van der Waals surface area contributed by atoms with Crippen molar-refractivity contribution in [3.8, 4) is 5.88 Å². The number of rotatable bonds is 5. The molecule has 2 heterocycles. The zero-order valence-corrected chi connectivity index (χ0v) is 11.2. The van der Waals surface area contributed by atoms with Crippen molar-refractivity contribution in [2.24, 2.45) is 0 Å². The molecule has 20 heavy (non-hydrogen) atoms. The summed E-state index contributed by atoms with van der Waals surface area (Å²) in [6, 6.07) is 2.67. The molecule has 0 atom stereocenters. The van der Waals surface area contributed by atoms with Crippen LogP contribution in [0.2, 0.25) is 0 Å². The van der Waals surface area contributed by atoms with E-state index in [9.17, 15) is 10.1 Å². The van der Waals surface area contributed by atoms with Crippen molar-refractivity contribution in [2.45, 2.75) is 25.7 Å². The molecule has 1 aromatic rings. The average Bonchev–Trinajstić information content (AvgIpc) is 2.91. The lowest BCUT2D eigenvalue weighted by molar-refractivity contribution is -0.387. The summed E-state index contributed by atoms with van der Waals surface area (Å²) in [6.07, 6.45) is -0.865. The Labute approximate surface area is 115 Å². The third-order valence-electron chi connectivity index (χ3n) is 2.68. The molecule has 8 nitrogen and oxygen atoms in total. The molecule has 1 N–H and O–H groups in total. The number of aliphatic hydroxyl groups is 1. The quantitative estimate of drug-likeness (QED) is 0.639. The van der Waals surface area contributed by atoms with Gasteiger partial charge in [0.05, 0.1) is 24.7 Å². The molecule has 0 radical (unpaired) electrons. The Hall–Kier alpha value is -1.77. The Balaban J connectivity index is 2.32. The molecule has 110 valence electrons. The van der Waals surface area contributed by atoms with Crippen molar-refractivity contribution in [3.63, 3.8) is 0 Å². The molecule has 0 amide bonds. The normalized spacial score (nSPS) is 16.4. The van der Waals surface area contributed by atoms with Crippen molar-refractivity contribution in [3.05, 3.63) is 27.9 Å². The van der Waals surface area contributed by atoms with Crippen LogP contribution in [0.15, 0.2) is 12.1 Å². The summed E-state index contributed by atoms with van der Waals surface area (Å²) in [5, 5.41) is 20.2. The highest BCUT2D eigenvalue weighted by atomic mass is 16.7. The molecule has 1 saturated heterocycles. The average molecular weight is 284 g/mol. The van der Waals surface area contributed by atoms with Gasteiger partial charge in [0, 0.05) is 12.1 Å². The van der Waals surface area contributed by atoms with Crippen LogP contribution in [0.3, 0.4) is 0 Å². The Bertz CT molecular complexity index is 499. The highest BCUT2D eigenvalue weighted by molar-refractivity contribution is 5.39. The van der Waals surface area contributed by atoms with Crippen molar-refractivity contribution >= 4 is 5.69 Å². The maximum absolute atomic E-state index is 11.0. The maximum atomic E-state index is 11.0. The maximum Gasteiger partial charge on any atom is 0.296 e. The largest absolute Gasteiger partial charge is 0.469 e. The van der Waals surface area contributed by atoms with E-state index in [1.807, 2.05) is 0 Å².